The number of carbonyl (C=O) groups excluding carboxylic acids is 2. The standard InChI is InChI=1S/C22H32N4O3/c1-15-21(23-14-29-15)22(28)25-11-8-18-19(25)12-20(27)26(18)13-16-6-9-24(10-7-16)17-4-2-3-5-17/h14,16-19H,2-13H2,1H3. The normalized spacial score (nSPS) is 29.2. The first-order valence-electron chi connectivity index (χ1n) is 11.4. The average molecular weight is 401 g/mol. The van der Waals surface area contributed by atoms with E-state index in [4.69, 9.17) is 4.42 Å². The van der Waals surface area contributed by atoms with E-state index in [1.807, 2.05) is 4.90 Å². The number of oxazole rings is 1. The second kappa shape index (κ2) is 7.74. The van der Waals surface area contributed by atoms with E-state index in [-0.39, 0.29) is 23.9 Å². The molecule has 1 saturated carbocycles. The van der Waals surface area contributed by atoms with Gasteiger partial charge >= 0.3 is 0 Å². The summed E-state index contributed by atoms with van der Waals surface area (Å²) in [7, 11) is 0. The van der Waals surface area contributed by atoms with Gasteiger partial charge in [-0.05, 0) is 58.0 Å². The Bertz CT molecular complexity index is 764. The van der Waals surface area contributed by atoms with Crippen LogP contribution in [0.15, 0.2) is 10.8 Å². The average Bonchev–Trinajstić information content (AvgIpc) is 3.50. The van der Waals surface area contributed by atoms with Gasteiger partial charge in [-0.2, -0.15) is 0 Å². The van der Waals surface area contributed by atoms with Crippen LogP contribution in [0.2, 0.25) is 0 Å². The van der Waals surface area contributed by atoms with Crippen molar-refractivity contribution in [3.8, 4) is 0 Å². The van der Waals surface area contributed by atoms with Crippen LogP contribution in [0.3, 0.4) is 0 Å². The van der Waals surface area contributed by atoms with Gasteiger partial charge in [-0.15, -0.1) is 0 Å². The van der Waals surface area contributed by atoms with Crippen LogP contribution in [-0.4, -0.2) is 75.8 Å². The molecule has 1 aliphatic carbocycles. The van der Waals surface area contributed by atoms with Crippen molar-refractivity contribution in [1.29, 1.82) is 0 Å². The van der Waals surface area contributed by atoms with Gasteiger partial charge in [0.2, 0.25) is 5.91 Å². The molecular weight excluding hydrogens is 368 g/mol. The molecular formula is C22H32N4O3. The molecule has 2 amide bonds. The van der Waals surface area contributed by atoms with Crippen LogP contribution in [0.4, 0.5) is 0 Å². The predicted molar refractivity (Wildman–Crippen MR) is 107 cm³/mol. The van der Waals surface area contributed by atoms with Crippen molar-refractivity contribution in [1.82, 2.24) is 19.7 Å². The van der Waals surface area contributed by atoms with Gasteiger partial charge in [0.15, 0.2) is 12.1 Å². The summed E-state index contributed by atoms with van der Waals surface area (Å²) in [6, 6.07) is 0.972. The van der Waals surface area contributed by atoms with Gasteiger partial charge in [0, 0.05) is 25.6 Å². The van der Waals surface area contributed by atoms with Crippen LogP contribution >= 0.6 is 0 Å². The van der Waals surface area contributed by atoms with E-state index < -0.39 is 0 Å². The first-order valence-corrected chi connectivity index (χ1v) is 11.4. The van der Waals surface area contributed by atoms with E-state index in [0.29, 0.717) is 30.3 Å². The zero-order chi connectivity index (χ0) is 20.0. The maximum Gasteiger partial charge on any atom is 0.276 e. The van der Waals surface area contributed by atoms with Gasteiger partial charge in [0.05, 0.1) is 12.1 Å². The minimum atomic E-state index is -0.0942. The van der Waals surface area contributed by atoms with Crippen molar-refractivity contribution in [2.24, 2.45) is 5.92 Å². The molecule has 3 saturated heterocycles. The molecule has 0 spiro atoms. The van der Waals surface area contributed by atoms with Gasteiger partial charge in [-0.1, -0.05) is 12.8 Å². The molecule has 4 fully saturated rings. The highest BCUT2D eigenvalue weighted by Crippen LogP contribution is 2.35. The van der Waals surface area contributed by atoms with Crippen LogP contribution in [0.1, 0.15) is 67.6 Å². The molecule has 4 heterocycles. The quantitative estimate of drug-likeness (QED) is 0.777. The second-order valence-corrected chi connectivity index (χ2v) is 9.35. The van der Waals surface area contributed by atoms with Crippen LogP contribution in [0, 0.1) is 12.8 Å². The van der Waals surface area contributed by atoms with E-state index in [1.165, 1.54) is 58.0 Å². The van der Waals surface area contributed by atoms with Gasteiger partial charge in [0.25, 0.3) is 5.91 Å². The minimum absolute atomic E-state index is 0.00956. The highest BCUT2D eigenvalue weighted by Gasteiger charge is 2.49. The highest BCUT2D eigenvalue weighted by molar-refractivity contribution is 5.94. The number of likely N-dealkylation sites (tertiary alicyclic amines) is 3. The Kier molecular flexibility index (Phi) is 5.10. The number of hydrogen-bond acceptors (Lipinski definition) is 5. The summed E-state index contributed by atoms with van der Waals surface area (Å²) in [6.07, 6.45) is 10.5. The van der Waals surface area contributed by atoms with Crippen LogP contribution < -0.4 is 0 Å². The fraction of sp³-hybridized carbons (Fsp3) is 0.773. The van der Waals surface area contributed by atoms with E-state index in [2.05, 4.69) is 14.8 Å². The third-order valence-corrected chi connectivity index (χ3v) is 7.77. The molecule has 158 valence electrons. The number of carbonyl (C=O) groups is 2. The molecule has 7 heteroatoms. The van der Waals surface area contributed by atoms with Gasteiger partial charge in [-0.3, -0.25) is 9.59 Å². The number of piperidine rings is 1. The monoisotopic (exact) mass is 400 g/mol. The summed E-state index contributed by atoms with van der Waals surface area (Å²) in [6.45, 7) is 5.69. The molecule has 29 heavy (non-hydrogen) atoms. The smallest absolute Gasteiger partial charge is 0.276 e. The maximum absolute atomic E-state index is 12.9. The SMILES string of the molecule is Cc1ocnc1C(=O)N1CCC2C1CC(=O)N2CC1CCN(C2CCCC2)CC1. The number of aromatic nitrogens is 1. The predicted octanol–water partition coefficient (Wildman–Crippen LogP) is 2.45. The summed E-state index contributed by atoms with van der Waals surface area (Å²) >= 11 is 0. The lowest BCUT2D eigenvalue weighted by molar-refractivity contribution is -0.130. The molecule has 7 nitrogen and oxygen atoms in total. The van der Waals surface area contributed by atoms with Crippen molar-refractivity contribution >= 4 is 11.8 Å². The third kappa shape index (κ3) is 3.47. The number of nitrogens with zero attached hydrogens (tertiary/aromatic N) is 4. The summed E-state index contributed by atoms with van der Waals surface area (Å²) in [5, 5.41) is 0. The Labute approximate surface area is 172 Å². The molecule has 0 N–H and O–H groups in total. The third-order valence-electron chi connectivity index (χ3n) is 7.77. The Morgan fingerprint density at radius 2 is 1.86 bits per heavy atom. The summed E-state index contributed by atoms with van der Waals surface area (Å²) in [5.74, 6) is 1.27. The van der Waals surface area contributed by atoms with E-state index in [9.17, 15) is 9.59 Å². The highest BCUT2D eigenvalue weighted by atomic mass is 16.3. The molecule has 0 bridgehead atoms. The van der Waals surface area contributed by atoms with Gasteiger partial charge in [0.1, 0.15) is 5.76 Å². The van der Waals surface area contributed by atoms with Crippen molar-refractivity contribution < 1.29 is 14.0 Å². The first kappa shape index (κ1) is 19.1. The first-order chi connectivity index (χ1) is 14.1. The van der Waals surface area contributed by atoms with Crippen molar-refractivity contribution in [3.05, 3.63) is 17.8 Å². The lowest BCUT2D eigenvalue weighted by Gasteiger charge is -2.38. The topological polar surface area (TPSA) is 69.9 Å². The Hall–Kier alpha value is -1.89. The molecule has 1 aromatic heterocycles. The second-order valence-electron chi connectivity index (χ2n) is 9.35. The van der Waals surface area contributed by atoms with Crippen LogP contribution in [0.25, 0.3) is 0 Å². The summed E-state index contributed by atoms with van der Waals surface area (Å²) in [5.41, 5.74) is 0.385. The van der Waals surface area contributed by atoms with Gasteiger partial charge in [-0.25, -0.2) is 4.98 Å². The molecule has 2 unspecified atom stereocenters. The van der Waals surface area contributed by atoms with Crippen molar-refractivity contribution in [2.45, 2.75) is 76.4 Å². The van der Waals surface area contributed by atoms with Crippen molar-refractivity contribution in [2.75, 3.05) is 26.2 Å². The molecule has 0 aromatic carbocycles. The fourth-order valence-corrected chi connectivity index (χ4v) is 6.11. The molecule has 1 aromatic rings. The number of amides is 2. The Balaban J connectivity index is 1.19. The zero-order valence-corrected chi connectivity index (χ0v) is 17.4. The maximum atomic E-state index is 12.9. The lowest BCUT2D eigenvalue weighted by Crippen LogP contribution is -2.45. The van der Waals surface area contributed by atoms with Crippen molar-refractivity contribution in [3.63, 3.8) is 0 Å². The molecule has 3 aliphatic heterocycles. The minimum Gasteiger partial charge on any atom is -0.448 e. The Morgan fingerprint density at radius 3 is 2.55 bits per heavy atom. The lowest BCUT2D eigenvalue weighted by atomic mass is 9.94. The summed E-state index contributed by atoms with van der Waals surface area (Å²) < 4.78 is 5.20. The molecule has 2 atom stereocenters. The van der Waals surface area contributed by atoms with E-state index >= 15 is 0 Å². The van der Waals surface area contributed by atoms with Crippen LogP contribution in [-0.2, 0) is 4.79 Å². The van der Waals surface area contributed by atoms with Gasteiger partial charge < -0.3 is 19.1 Å². The molecule has 5 rings (SSSR count). The van der Waals surface area contributed by atoms with E-state index in [0.717, 1.165) is 19.0 Å². The number of rotatable bonds is 4. The largest absolute Gasteiger partial charge is 0.448 e. The number of hydrogen-bond donors (Lipinski definition) is 0. The molecule has 4 aliphatic rings. The fourth-order valence-electron chi connectivity index (χ4n) is 6.11. The Morgan fingerprint density at radius 1 is 1.10 bits per heavy atom. The summed E-state index contributed by atoms with van der Waals surface area (Å²) in [4.78, 5) is 36.4. The zero-order valence-electron chi connectivity index (χ0n) is 17.4. The van der Waals surface area contributed by atoms with E-state index in [1.54, 1.807) is 6.92 Å². The number of fused-ring (bicyclic) bond motifs is 1. The van der Waals surface area contributed by atoms with Crippen LogP contribution in [0.5, 0.6) is 0 Å². The molecule has 0 radical (unpaired) electrons. The number of aryl methyl sites for hydroxylation is 1.